The number of rotatable bonds is 2. The van der Waals surface area contributed by atoms with Crippen molar-refractivity contribution in [3.63, 3.8) is 0 Å². The highest BCUT2D eigenvalue weighted by Crippen LogP contribution is 2.15. The molecule has 0 aromatic heterocycles. The molecule has 1 fully saturated rings. The Kier molecular flexibility index (Phi) is 2.37. The summed E-state index contributed by atoms with van der Waals surface area (Å²) in [5.41, 5.74) is 0. The molecule has 0 bridgehead atoms. The summed E-state index contributed by atoms with van der Waals surface area (Å²) in [5.74, 6) is 0.0417. The molecule has 0 aliphatic carbocycles. The van der Waals surface area contributed by atoms with Gasteiger partial charge in [0, 0.05) is 6.42 Å². The van der Waals surface area contributed by atoms with Crippen molar-refractivity contribution in [2.75, 3.05) is 0 Å². The molecule has 5 heteroatoms. The van der Waals surface area contributed by atoms with Crippen molar-refractivity contribution < 1.29 is 9.59 Å². The zero-order chi connectivity index (χ0) is 9.26. The fourth-order valence-corrected chi connectivity index (χ4v) is 2.12. The minimum atomic E-state index is -0.284. The number of hydrogen-bond acceptors (Lipinski definition) is 4. The quantitative estimate of drug-likeness (QED) is 0.612. The van der Waals surface area contributed by atoms with Crippen LogP contribution in [0.2, 0.25) is 0 Å². The molecule has 0 saturated carbocycles. The van der Waals surface area contributed by atoms with E-state index in [1.54, 1.807) is 0 Å². The van der Waals surface area contributed by atoms with E-state index in [4.69, 9.17) is 0 Å². The van der Waals surface area contributed by atoms with E-state index in [-0.39, 0.29) is 23.8 Å². The van der Waals surface area contributed by atoms with Crippen LogP contribution in [0, 0.1) is 0 Å². The van der Waals surface area contributed by atoms with Gasteiger partial charge in [-0.25, -0.2) is 4.72 Å². The van der Waals surface area contributed by atoms with Gasteiger partial charge in [0.1, 0.15) is 0 Å². The lowest BCUT2D eigenvalue weighted by Crippen LogP contribution is -2.42. The standard InChI is InChI=1S/C8H10N2O2S/c11-7-2-1-5(9-7)8(12)6-3-4-13-10-6/h3-6,10H,1-2H2,(H,9,11)/t5-,6+/m0/s1. The molecule has 0 unspecified atom stereocenters. The summed E-state index contributed by atoms with van der Waals surface area (Å²) in [6, 6.07) is -0.512. The first-order valence-electron chi connectivity index (χ1n) is 4.18. The zero-order valence-electron chi connectivity index (χ0n) is 6.95. The Balaban J connectivity index is 1.97. The smallest absolute Gasteiger partial charge is 0.220 e. The molecule has 4 nitrogen and oxygen atoms in total. The van der Waals surface area contributed by atoms with Crippen molar-refractivity contribution in [1.82, 2.24) is 10.0 Å². The van der Waals surface area contributed by atoms with Crippen LogP contribution in [0.4, 0.5) is 0 Å². The second-order valence-electron chi connectivity index (χ2n) is 3.10. The maximum atomic E-state index is 11.7. The minimum Gasteiger partial charge on any atom is -0.346 e. The fourth-order valence-electron chi connectivity index (χ4n) is 1.47. The van der Waals surface area contributed by atoms with E-state index in [0.29, 0.717) is 12.8 Å². The van der Waals surface area contributed by atoms with Crippen molar-refractivity contribution >= 4 is 23.6 Å². The van der Waals surface area contributed by atoms with Gasteiger partial charge in [-0.15, -0.1) is 0 Å². The topological polar surface area (TPSA) is 58.2 Å². The number of hydrogen-bond donors (Lipinski definition) is 2. The molecule has 0 spiro atoms. The number of nitrogens with one attached hydrogen (secondary N) is 2. The average Bonchev–Trinajstić information content (AvgIpc) is 2.72. The number of Topliss-reactive ketones (excluding diaryl/α,β-unsaturated/α-hetero) is 1. The van der Waals surface area contributed by atoms with Gasteiger partial charge in [-0.1, -0.05) is 18.0 Å². The molecule has 70 valence electrons. The summed E-state index contributed by atoms with van der Waals surface area (Å²) in [7, 11) is 0. The van der Waals surface area contributed by atoms with Crippen LogP contribution in [0.5, 0.6) is 0 Å². The highest BCUT2D eigenvalue weighted by atomic mass is 32.2. The monoisotopic (exact) mass is 198 g/mol. The van der Waals surface area contributed by atoms with Crippen LogP contribution < -0.4 is 10.0 Å². The van der Waals surface area contributed by atoms with Crippen LogP contribution in [0.25, 0.3) is 0 Å². The third-order valence-corrected chi connectivity index (χ3v) is 2.86. The van der Waals surface area contributed by atoms with Crippen LogP contribution in [0.1, 0.15) is 12.8 Å². The average molecular weight is 198 g/mol. The van der Waals surface area contributed by atoms with Gasteiger partial charge in [0.15, 0.2) is 5.78 Å². The predicted octanol–water partition coefficient (Wildman–Crippen LogP) is -0.0322. The van der Waals surface area contributed by atoms with Gasteiger partial charge in [-0.3, -0.25) is 9.59 Å². The molecule has 0 aromatic carbocycles. The predicted molar refractivity (Wildman–Crippen MR) is 49.8 cm³/mol. The Labute approximate surface area is 80.3 Å². The Morgan fingerprint density at radius 2 is 2.46 bits per heavy atom. The van der Waals surface area contributed by atoms with Crippen molar-refractivity contribution in [1.29, 1.82) is 0 Å². The van der Waals surface area contributed by atoms with E-state index in [0.717, 1.165) is 0 Å². The summed E-state index contributed by atoms with van der Waals surface area (Å²) in [4.78, 5) is 22.5. The van der Waals surface area contributed by atoms with Gasteiger partial charge >= 0.3 is 0 Å². The van der Waals surface area contributed by atoms with Crippen LogP contribution >= 0.6 is 11.9 Å². The molecule has 2 aliphatic rings. The van der Waals surface area contributed by atoms with Crippen molar-refractivity contribution in [3.8, 4) is 0 Å². The van der Waals surface area contributed by atoms with E-state index >= 15 is 0 Å². The van der Waals surface area contributed by atoms with Crippen LogP contribution in [0.15, 0.2) is 11.5 Å². The molecule has 2 aliphatic heterocycles. The maximum absolute atomic E-state index is 11.7. The highest BCUT2D eigenvalue weighted by Gasteiger charge is 2.31. The fraction of sp³-hybridized carbons (Fsp3) is 0.500. The van der Waals surface area contributed by atoms with E-state index in [1.807, 2.05) is 11.5 Å². The van der Waals surface area contributed by atoms with Crippen LogP contribution in [0.3, 0.4) is 0 Å². The maximum Gasteiger partial charge on any atom is 0.220 e. The second kappa shape index (κ2) is 3.51. The molecule has 2 N–H and O–H groups in total. The number of carbonyl (C=O) groups is 2. The van der Waals surface area contributed by atoms with E-state index in [2.05, 4.69) is 10.0 Å². The molecule has 2 heterocycles. The summed E-state index contributed by atoms with van der Waals surface area (Å²) in [6.07, 6.45) is 2.92. The number of carbonyl (C=O) groups excluding carboxylic acids is 2. The first-order valence-corrected chi connectivity index (χ1v) is 5.06. The highest BCUT2D eigenvalue weighted by molar-refractivity contribution is 8.00. The molecular formula is C8H10N2O2S. The van der Waals surface area contributed by atoms with E-state index in [9.17, 15) is 9.59 Å². The third kappa shape index (κ3) is 1.76. The van der Waals surface area contributed by atoms with Gasteiger partial charge in [0.25, 0.3) is 0 Å². The SMILES string of the molecule is O=C1CC[C@@H](C(=O)[C@H]2C=CSN2)N1. The van der Waals surface area contributed by atoms with Crippen molar-refractivity contribution in [2.45, 2.75) is 24.9 Å². The molecule has 1 amide bonds. The zero-order valence-corrected chi connectivity index (χ0v) is 7.76. The molecule has 0 aromatic rings. The lowest BCUT2D eigenvalue weighted by Gasteiger charge is -2.12. The van der Waals surface area contributed by atoms with Crippen molar-refractivity contribution in [3.05, 3.63) is 11.5 Å². The summed E-state index contributed by atoms with van der Waals surface area (Å²) < 4.78 is 2.95. The Morgan fingerprint density at radius 1 is 1.62 bits per heavy atom. The van der Waals surface area contributed by atoms with Gasteiger partial charge in [-0.2, -0.15) is 0 Å². The minimum absolute atomic E-state index is 0.0204. The van der Waals surface area contributed by atoms with Crippen LogP contribution in [-0.2, 0) is 9.59 Å². The Morgan fingerprint density at radius 3 is 3.00 bits per heavy atom. The molecule has 2 rings (SSSR count). The molecule has 2 atom stereocenters. The summed E-state index contributed by atoms with van der Waals surface area (Å²) in [5, 5.41) is 4.51. The first kappa shape index (κ1) is 8.77. The van der Waals surface area contributed by atoms with Crippen molar-refractivity contribution in [2.24, 2.45) is 0 Å². The normalized spacial score (nSPS) is 32.2. The summed E-state index contributed by atoms with van der Waals surface area (Å²) in [6.45, 7) is 0. The first-order chi connectivity index (χ1) is 6.27. The third-order valence-electron chi connectivity index (χ3n) is 2.18. The lowest BCUT2D eigenvalue weighted by atomic mass is 10.0. The number of amides is 1. The molecular weight excluding hydrogens is 188 g/mol. The largest absolute Gasteiger partial charge is 0.346 e. The molecule has 1 saturated heterocycles. The lowest BCUT2D eigenvalue weighted by molar-refractivity contribution is -0.124. The summed E-state index contributed by atoms with van der Waals surface area (Å²) >= 11 is 1.41. The molecule has 13 heavy (non-hydrogen) atoms. The van der Waals surface area contributed by atoms with Gasteiger partial charge < -0.3 is 5.32 Å². The second-order valence-corrected chi connectivity index (χ2v) is 3.85. The Bertz CT molecular complexity index is 277. The van der Waals surface area contributed by atoms with E-state index < -0.39 is 0 Å². The van der Waals surface area contributed by atoms with E-state index in [1.165, 1.54) is 11.9 Å². The van der Waals surface area contributed by atoms with Gasteiger partial charge in [0.2, 0.25) is 5.91 Å². The van der Waals surface area contributed by atoms with Gasteiger partial charge in [-0.05, 0) is 11.8 Å². The van der Waals surface area contributed by atoms with Gasteiger partial charge in [0.05, 0.1) is 12.1 Å². The molecule has 0 radical (unpaired) electrons. The number of ketones is 1. The Hall–Kier alpha value is -0.810. The van der Waals surface area contributed by atoms with Crippen LogP contribution in [-0.4, -0.2) is 23.8 Å².